The molecule has 2 heterocycles. The van der Waals surface area contributed by atoms with Gasteiger partial charge in [0.25, 0.3) is 11.8 Å². The zero-order valence-corrected chi connectivity index (χ0v) is 15.9. The minimum Gasteiger partial charge on any atom is -0.493 e. The lowest BCUT2D eigenvalue weighted by Crippen LogP contribution is -2.09. The number of carbonyl (C=O) groups excluding carboxylic acids is 1. The highest BCUT2D eigenvalue weighted by Crippen LogP contribution is 2.30. The molecule has 0 saturated heterocycles. The number of carbonyl (C=O) groups is 1. The Bertz CT molecular complexity index is 1070. The molecule has 140 valence electrons. The van der Waals surface area contributed by atoms with Gasteiger partial charge in [-0.05, 0) is 54.8 Å². The standard InChI is InChI=1S/C21H17N3O3S/c1-2-26-17-7-4-3-6-16(17)21-23-19(24-27-21)14-9-11-15(12-10-14)22-20(25)18-8-5-13-28-18/h3-13H,2H2,1H3,(H,22,25). The van der Waals surface area contributed by atoms with Crippen LogP contribution in [0.2, 0.25) is 0 Å². The Balaban J connectivity index is 1.52. The zero-order valence-electron chi connectivity index (χ0n) is 15.1. The molecule has 4 aromatic rings. The second kappa shape index (κ2) is 8.06. The minimum atomic E-state index is -0.128. The fourth-order valence-electron chi connectivity index (χ4n) is 2.68. The second-order valence-electron chi connectivity index (χ2n) is 5.86. The van der Waals surface area contributed by atoms with Crippen molar-refractivity contribution in [1.29, 1.82) is 0 Å². The van der Waals surface area contributed by atoms with Crippen LogP contribution in [0.25, 0.3) is 22.8 Å². The molecule has 0 fully saturated rings. The molecular formula is C21H17N3O3S. The van der Waals surface area contributed by atoms with E-state index in [1.54, 1.807) is 6.07 Å². The zero-order chi connectivity index (χ0) is 19.3. The van der Waals surface area contributed by atoms with Gasteiger partial charge in [-0.1, -0.05) is 23.4 Å². The summed E-state index contributed by atoms with van der Waals surface area (Å²) in [5.41, 5.74) is 2.24. The first-order valence-electron chi connectivity index (χ1n) is 8.76. The van der Waals surface area contributed by atoms with Crippen molar-refractivity contribution in [2.45, 2.75) is 6.92 Å². The summed E-state index contributed by atoms with van der Waals surface area (Å²) in [6.45, 7) is 2.48. The molecule has 0 aliphatic heterocycles. The lowest BCUT2D eigenvalue weighted by molar-refractivity contribution is 0.103. The summed E-state index contributed by atoms with van der Waals surface area (Å²) in [5, 5.41) is 8.80. The predicted octanol–water partition coefficient (Wildman–Crippen LogP) is 5.12. The van der Waals surface area contributed by atoms with Crippen LogP contribution in [-0.2, 0) is 0 Å². The van der Waals surface area contributed by atoms with Crippen molar-refractivity contribution >= 4 is 22.9 Å². The summed E-state index contributed by atoms with van der Waals surface area (Å²) in [7, 11) is 0. The van der Waals surface area contributed by atoms with Crippen LogP contribution in [0, 0.1) is 0 Å². The summed E-state index contributed by atoms with van der Waals surface area (Å²) in [5.74, 6) is 1.44. The molecule has 0 unspecified atom stereocenters. The van der Waals surface area contributed by atoms with Gasteiger partial charge < -0.3 is 14.6 Å². The van der Waals surface area contributed by atoms with Gasteiger partial charge in [-0.15, -0.1) is 11.3 Å². The lowest BCUT2D eigenvalue weighted by Gasteiger charge is -2.05. The van der Waals surface area contributed by atoms with Crippen LogP contribution >= 0.6 is 11.3 Å². The van der Waals surface area contributed by atoms with E-state index < -0.39 is 0 Å². The number of amides is 1. The monoisotopic (exact) mass is 391 g/mol. The third-order valence-electron chi connectivity index (χ3n) is 3.99. The molecule has 28 heavy (non-hydrogen) atoms. The number of benzene rings is 2. The van der Waals surface area contributed by atoms with Crippen molar-refractivity contribution in [1.82, 2.24) is 10.1 Å². The number of anilines is 1. The highest BCUT2D eigenvalue weighted by molar-refractivity contribution is 7.12. The summed E-state index contributed by atoms with van der Waals surface area (Å²) in [6.07, 6.45) is 0. The summed E-state index contributed by atoms with van der Waals surface area (Å²) in [4.78, 5) is 17.3. The third-order valence-corrected chi connectivity index (χ3v) is 4.86. The number of para-hydroxylation sites is 1. The number of ether oxygens (including phenoxy) is 1. The molecule has 0 radical (unpaired) electrons. The quantitative estimate of drug-likeness (QED) is 0.494. The van der Waals surface area contributed by atoms with Gasteiger partial charge in [0.05, 0.1) is 17.0 Å². The molecule has 0 bridgehead atoms. The molecule has 6 nitrogen and oxygen atoms in total. The third kappa shape index (κ3) is 3.79. The van der Waals surface area contributed by atoms with Gasteiger partial charge in [0.1, 0.15) is 5.75 Å². The van der Waals surface area contributed by atoms with Gasteiger partial charge in [0.15, 0.2) is 0 Å². The van der Waals surface area contributed by atoms with Crippen LogP contribution in [0.15, 0.2) is 70.6 Å². The number of thiophene rings is 1. The molecule has 0 aliphatic rings. The number of hydrogen-bond acceptors (Lipinski definition) is 6. The van der Waals surface area contributed by atoms with Gasteiger partial charge in [0, 0.05) is 11.3 Å². The van der Waals surface area contributed by atoms with E-state index in [1.165, 1.54) is 11.3 Å². The summed E-state index contributed by atoms with van der Waals surface area (Å²) >= 11 is 1.40. The number of nitrogens with one attached hydrogen (secondary N) is 1. The Morgan fingerprint density at radius 1 is 1.11 bits per heavy atom. The predicted molar refractivity (Wildman–Crippen MR) is 109 cm³/mol. The fourth-order valence-corrected chi connectivity index (χ4v) is 3.30. The van der Waals surface area contributed by atoms with Crippen LogP contribution in [0.1, 0.15) is 16.6 Å². The van der Waals surface area contributed by atoms with Crippen LogP contribution < -0.4 is 10.1 Å². The van der Waals surface area contributed by atoms with E-state index in [1.807, 2.05) is 66.9 Å². The Hall–Kier alpha value is -3.45. The smallest absolute Gasteiger partial charge is 0.265 e. The normalized spacial score (nSPS) is 10.6. The lowest BCUT2D eigenvalue weighted by atomic mass is 10.2. The SMILES string of the molecule is CCOc1ccccc1-c1nc(-c2ccc(NC(=O)c3cccs3)cc2)no1. The highest BCUT2D eigenvalue weighted by atomic mass is 32.1. The first-order chi connectivity index (χ1) is 13.7. The van der Waals surface area contributed by atoms with Gasteiger partial charge >= 0.3 is 0 Å². The number of aromatic nitrogens is 2. The minimum absolute atomic E-state index is 0.128. The Morgan fingerprint density at radius 2 is 1.93 bits per heavy atom. The molecule has 0 saturated carbocycles. The van der Waals surface area contributed by atoms with E-state index in [-0.39, 0.29) is 5.91 Å². The maximum absolute atomic E-state index is 12.1. The number of hydrogen-bond donors (Lipinski definition) is 1. The van der Waals surface area contributed by atoms with Crippen molar-refractivity contribution in [3.63, 3.8) is 0 Å². The average Bonchev–Trinajstić information content (AvgIpc) is 3.42. The first-order valence-corrected chi connectivity index (χ1v) is 9.64. The van der Waals surface area contributed by atoms with Gasteiger partial charge in [0.2, 0.25) is 5.82 Å². The maximum atomic E-state index is 12.1. The van der Waals surface area contributed by atoms with Crippen LogP contribution in [0.5, 0.6) is 5.75 Å². The molecule has 1 amide bonds. The molecule has 0 aliphatic carbocycles. The van der Waals surface area contributed by atoms with E-state index in [9.17, 15) is 4.79 Å². The molecule has 0 atom stereocenters. The molecule has 7 heteroatoms. The summed E-state index contributed by atoms with van der Waals surface area (Å²) < 4.78 is 11.0. The van der Waals surface area contributed by atoms with Crippen molar-refractivity contribution < 1.29 is 14.1 Å². The molecule has 2 aromatic carbocycles. The molecule has 2 aromatic heterocycles. The first kappa shape index (κ1) is 17.9. The highest BCUT2D eigenvalue weighted by Gasteiger charge is 2.15. The van der Waals surface area contributed by atoms with E-state index in [0.717, 1.165) is 11.1 Å². The molecule has 1 N–H and O–H groups in total. The second-order valence-corrected chi connectivity index (χ2v) is 6.81. The van der Waals surface area contributed by atoms with Crippen molar-refractivity contribution in [3.8, 4) is 28.6 Å². The van der Waals surface area contributed by atoms with Crippen LogP contribution in [0.4, 0.5) is 5.69 Å². The largest absolute Gasteiger partial charge is 0.493 e. The Labute approximate surface area is 165 Å². The summed E-state index contributed by atoms with van der Waals surface area (Å²) in [6, 6.07) is 18.5. The van der Waals surface area contributed by atoms with Crippen molar-refractivity contribution in [3.05, 3.63) is 70.9 Å². The van der Waals surface area contributed by atoms with Gasteiger partial charge in [-0.2, -0.15) is 4.98 Å². The van der Waals surface area contributed by atoms with E-state index in [0.29, 0.717) is 34.6 Å². The Kier molecular flexibility index (Phi) is 5.16. The number of nitrogens with zero attached hydrogens (tertiary/aromatic N) is 2. The fraction of sp³-hybridized carbons (Fsp3) is 0.0952. The molecule has 4 rings (SSSR count). The van der Waals surface area contributed by atoms with Crippen molar-refractivity contribution in [2.24, 2.45) is 0 Å². The van der Waals surface area contributed by atoms with E-state index in [2.05, 4.69) is 15.5 Å². The van der Waals surface area contributed by atoms with Gasteiger partial charge in [-0.25, -0.2) is 0 Å². The maximum Gasteiger partial charge on any atom is 0.265 e. The Morgan fingerprint density at radius 3 is 2.68 bits per heavy atom. The van der Waals surface area contributed by atoms with Gasteiger partial charge in [-0.3, -0.25) is 4.79 Å². The van der Waals surface area contributed by atoms with E-state index >= 15 is 0 Å². The molecule has 0 spiro atoms. The van der Waals surface area contributed by atoms with E-state index in [4.69, 9.17) is 9.26 Å². The number of rotatable bonds is 6. The average molecular weight is 391 g/mol. The van der Waals surface area contributed by atoms with Crippen LogP contribution in [-0.4, -0.2) is 22.7 Å². The molecular weight excluding hydrogens is 374 g/mol. The topological polar surface area (TPSA) is 77.2 Å². The van der Waals surface area contributed by atoms with Crippen molar-refractivity contribution in [2.75, 3.05) is 11.9 Å². The van der Waals surface area contributed by atoms with Crippen LogP contribution in [0.3, 0.4) is 0 Å².